The van der Waals surface area contributed by atoms with E-state index in [0.717, 1.165) is 12.4 Å². The van der Waals surface area contributed by atoms with Crippen LogP contribution in [-0.4, -0.2) is 6.61 Å². The Morgan fingerprint density at radius 1 is 1.86 bits per heavy atom. The molecule has 1 atom stereocenters. The van der Waals surface area contributed by atoms with Crippen molar-refractivity contribution in [1.29, 1.82) is 0 Å². The molecule has 40 valence electrons. The van der Waals surface area contributed by atoms with Crippen LogP contribution in [0.4, 0.5) is 0 Å². The predicted octanol–water partition coefficient (Wildman–Crippen LogP) is 1.56. The molecule has 0 bridgehead atoms. The van der Waals surface area contributed by atoms with Gasteiger partial charge in [0.05, 0.1) is 12.4 Å². The maximum atomic E-state index is 5.05. The van der Waals surface area contributed by atoms with Gasteiger partial charge in [0.25, 0.3) is 0 Å². The Hall–Kier alpha value is -0.460. The van der Waals surface area contributed by atoms with Gasteiger partial charge in [-0.2, -0.15) is 0 Å². The number of allylic oxidation sites excluding steroid dienone is 1. The first-order valence-corrected chi connectivity index (χ1v) is 2.63. The average Bonchev–Trinajstić information content (AvgIpc) is 1.65. The van der Waals surface area contributed by atoms with E-state index >= 15 is 0 Å². The van der Waals surface area contributed by atoms with Crippen LogP contribution in [0.15, 0.2) is 11.8 Å². The Bertz CT molecular complexity index is 94.4. The van der Waals surface area contributed by atoms with E-state index in [9.17, 15) is 0 Å². The third-order valence-electron chi connectivity index (χ3n) is 1.27. The highest BCUT2D eigenvalue weighted by Crippen LogP contribution is 2.22. The van der Waals surface area contributed by atoms with Gasteiger partial charge in [-0.3, -0.25) is 0 Å². The number of rotatable bonds is 0. The summed E-state index contributed by atoms with van der Waals surface area (Å²) in [5.74, 6) is 1.84. The van der Waals surface area contributed by atoms with E-state index in [2.05, 4.69) is 6.92 Å². The summed E-state index contributed by atoms with van der Waals surface area (Å²) in [7, 11) is 0. The molecule has 1 saturated heterocycles. The van der Waals surface area contributed by atoms with Gasteiger partial charge in [-0.05, 0) is 13.0 Å². The molecule has 0 N–H and O–H groups in total. The summed E-state index contributed by atoms with van der Waals surface area (Å²) in [6.45, 7) is 5.09. The van der Waals surface area contributed by atoms with Crippen molar-refractivity contribution in [1.82, 2.24) is 0 Å². The van der Waals surface area contributed by atoms with E-state index in [1.807, 2.05) is 13.0 Å². The van der Waals surface area contributed by atoms with E-state index in [1.165, 1.54) is 0 Å². The van der Waals surface area contributed by atoms with Crippen molar-refractivity contribution >= 4 is 0 Å². The SMILES string of the molecule is C/C=C1/OCC1C. The molecule has 1 fully saturated rings. The minimum absolute atomic E-state index is 0.685. The lowest BCUT2D eigenvalue weighted by Crippen LogP contribution is -2.21. The zero-order valence-corrected chi connectivity index (χ0v) is 4.77. The van der Waals surface area contributed by atoms with Crippen molar-refractivity contribution in [2.45, 2.75) is 13.8 Å². The summed E-state index contributed by atoms with van der Waals surface area (Å²) in [6.07, 6.45) is 2.02. The van der Waals surface area contributed by atoms with Crippen LogP contribution in [0.5, 0.6) is 0 Å². The van der Waals surface area contributed by atoms with Crippen LogP contribution >= 0.6 is 0 Å². The lowest BCUT2D eigenvalue weighted by Gasteiger charge is -2.26. The Balaban J connectivity index is 2.44. The molecule has 1 nitrogen and oxygen atoms in total. The van der Waals surface area contributed by atoms with Crippen LogP contribution < -0.4 is 0 Å². The van der Waals surface area contributed by atoms with E-state index in [4.69, 9.17) is 4.74 Å². The molecule has 1 unspecified atom stereocenters. The first kappa shape index (κ1) is 4.69. The Kier molecular flexibility index (Phi) is 1.05. The van der Waals surface area contributed by atoms with Gasteiger partial charge < -0.3 is 4.74 Å². The van der Waals surface area contributed by atoms with Crippen molar-refractivity contribution in [3.05, 3.63) is 11.8 Å². The molecule has 0 radical (unpaired) electrons. The molecule has 0 saturated carbocycles. The van der Waals surface area contributed by atoms with Gasteiger partial charge in [-0.15, -0.1) is 0 Å². The van der Waals surface area contributed by atoms with Crippen molar-refractivity contribution in [3.63, 3.8) is 0 Å². The number of hydrogen-bond acceptors (Lipinski definition) is 1. The van der Waals surface area contributed by atoms with Crippen LogP contribution in [0, 0.1) is 5.92 Å². The summed E-state index contributed by atoms with van der Waals surface area (Å²) >= 11 is 0. The first-order chi connectivity index (χ1) is 3.34. The molecule has 0 spiro atoms. The maximum Gasteiger partial charge on any atom is 0.0979 e. The maximum absolute atomic E-state index is 5.05. The largest absolute Gasteiger partial charge is 0.497 e. The van der Waals surface area contributed by atoms with Crippen molar-refractivity contribution in [2.75, 3.05) is 6.61 Å². The smallest absolute Gasteiger partial charge is 0.0979 e. The summed E-state index contributed by atoms with van der Waals surface area (Å²) in [5, 5.41) is 0. The summed E-state index contributed by atoms with van der Waals surface area (Å²) in [4.78, 5) is 0. The van der Waals surface area contributed by atoms with Crippen LogP contribution in [0.3, 0.4) is 0 Å². The summed E-state index contributed by atoms with van der Waals surface area (Å²) in [5.41, 5.74) is 0. The zero-order valence-electron chi connectivity index (χ0n) is 4.77. The van der Waals surface area contributed by atoms with Crippen molar-refractivity contribution in [3.8, 4) is 0 Å². The molecule has 0 aromatic carbocycles. The topological polar surface area (TPSA) is 9.23 Å². The Morgan fingerprint density at radius 3 is 2.57 bits per heavy atom. The predicted molar refractivity (Wildman–Crippen MR) is 28.9 cm³/mol. The van der Waals surface area contributed by atoms with Crippen LogP contribution in [0.25, 0.3) is 0 Å². The highest BCUT2D eigenvalue weighted by molar-refractivity contribution is 5.01. The minimum atomic E-state index is 0.685. The molecule has 0 aliphatic carbocycles. The number of ether oxygens (including phenoxy) is 1. The highest BCUT2D eigenvalue weighted by atomic mass is 16.5. The standard InChI is InChI=1S/C6H10O/c1-3-6-5(2)4-7-6/h3,5H,4H2,1-2H3/b6-3+. The van der Waals surface area contributed by atoms with Gasteiger partial charge in [0, 0.05) is 5.92 Å². The molecule has 0 aromatic rings. The number of hydrogen-bond donors (Lipinski definition) is 0. The average molecular weight is 98.1 g/mol. The van der Waals surface area contributed by atoms with Crippen LogP contribution in [0.2, 0.25) is 0 Å². The lowest BCUT2D eigenvalue weighted by molar-refractivity contribution is 0.0585. The van der Waals surface area contributed by atoms with Crippen LogP contribution in [-0.2, 0) is 4.74 Å². The summed E-state index contributed by atoms with van der Waals surface area (Å²) < 4.78 is 5.05. The minimum Gasteiger partial charge on any atom is -0.497 e. The molecule has 1 aliphatic rings. The van der Waals surface area contributed by atoms with Gasteiger partial charge in [-0.1, -0.05) is 6.92 Å². The Morgan fingerprint density at radius 2 is 2.57 bits per heavy atom. The molecule has 1 aliphatic heterocycles. The van der Waals surface area contributed by atoms with E-state index < -0.39 is 0 Å². The Labute approximate surface area is 44.0 Å². The third kappa shape index (κ3) is 0.625. The van der Waals surface area contributed by atoms with Gasteiger partial charge in [0.1, 0.15) is 0 Å². The van der Waals surface area contributed by atoms with Crippen molar-refractivity contribution < 1.29 is 4.74 Å². The molecule has 1 heterocycles. The molecule has 7 heavy (non-hydrogen) atoms. The molecule has 1 rings (SSSR count). The molecule has 0 amide bonds. The monoisotopic (exact) mass is 98.1 g/mol. The van der Waals surface area contributed by atoms with Gasteiger partial charge in [0.2, 0.25) is 0 Å². The summed E-state index contributed by atoms with van der Waals surface area (Å²) in [6, 6.07) is 0. The fraction of sp³-hybridized carbons (Fsp3) is 0.667. The quantitative estimate of drug-likeness (QED) is 0.446. The van der Waals surface area contributed by atoms with Gasteiger partial charge in [-0.25, -0.2) is 0 Å². The second-order valence-corrected chi connectivity index (χ2v) is 1.90. The van der Waals surface area contributed by atoms with Crippen molar-refractivity contribution in [2.24, 2.45) is 5.92 Å². The second-order valence-electron chi connectivity index (χ2n) is 1.90. The van der Waals surface area contributed by atoms with E-state index in [0.29, 0.717) is 5.92 Å². The van der Waals surface area contributed by atoms with Gasteiger partial charge in [0.15, 0.2) is 0 Å². The fourth-order valence-electron chi connectivity index (χ4n) is 0.714. The van der Waals surface area contributed by atoms with Crippen LogP contribution in [0.1, 0.15) is 13.8 Å². The molecular weight excluding hydrogens is 88.1 g/mol. The van der Waals surface area contributed by atoms with E-state index in [1.54, 1.807) is 0 Å². The second kappa shape index (κ2) is 1.57. The lowest BCUT2D eigenvalue weighted by atomic mass is 10.1. The third-order valence-corrected chi connectivity index (χ3v) is 1.27. The van der Waals surface area contributed by atoms with Gasteiger partial charge >= 0.3 is 0 Å². The highest BCUT2D eigenvalue weighted by Gasteiger charge is 2.18. The van der Waals surface area contributed by atoms with E-state index in [-0.39, 0.29) is 0 Å². The fourth-order valence-corrected chi connectivity index (χ4v) is 0.714. The first-order valence-electron chi connectivity index (χ1n) is 2.63. The molecule has 1 heteroatoms. The normalized spacial score (nSPS) is 34.6. The molecular formula is C6H10O. The zero-order chi connectivity index (χ0) is 5.28. The molecule has 0 aromatic heterocycles.